The van der Waals surface area contributed by atoms with Crippen molar-refractivity contribution in [3.8, 4) is 5.75 Å². The lowest BCUT2D eigenvalue weighted by Gasteiger charge is -2.20. The van der Waals surface area contributed by atoms with Crippen LogP contribution in [-0.2, 0) is 11.3 Å². The van der Waals surface area contributed by atoms with Crippen molar-refractivity contribution in [3.05, 3.63) is 29.3 Å². The lowest BCUT2D eigenvalue weighted by molar-refractivity contribution is 0.181. The summed E-state index contributed by atoms with van der Waals surface area (Å²) in [7, 11) is 5.62. The Morgan fingerprint density at radius 3 is 2.71 bits per heavy atom. The molecule has 0 saturated heterocycles. The fourth-order valence-electron chi connectivity index (χ4n) is 2.61. The van der Waals surface area contributed by atoms with Gasteiger partial charge in [-0.25, -0.2) is 0 Å². The number of ether oxygens (including phenoxy) is 2. The first-order valence-corrected chi connectivity index (χ1v) is 7.75. The van der Waals surface area contributed by atoms with Crippen molar-refractivity contribution in [1.82, 2.24) is 10.2 Å². The SMILES string of the molecule is COCc1cc(C(C)NCCN(C)C2CC2)ccc1OC. The number of methoxy groups -OCH3 is 2. The van der Waals surface area contributed by atoms with E-state index in [2.05, 4.69) is 36.3 Å². The Morgan fingerprint density at radius 2 is 2.10 bits per heavy atom. The molecule has 4 heteroatoms. The van der Waals surface area contributed by atoms with Gasteiger partial charge in [-0.2, -0.15) is 0 Å². The summed E-state index contributed by atoms with van der Waals surface area (Å²) in [6.45, 7) is 4.90. The Labute approximate surface area is 128 Å². The van der Waals surface area contributed by atoms with E-state index in [1.165, 1.54) is 18.4 Å². The predicted octanol–water partition coefficient (Wildman–Crippen LogP) is 2.59. The molecule has 1 aliphatic carbocycles. The number of rotatable bonds is 9. The highest BCUT2D eigenvalue weighted by molar-refractivity contribution is 5.38. The molecule has 1 aliphatic rings. The van der Waals surface area contributed by atoms with Crippen molar-refractivity contribution in [1.29, 1.82) is 0 Å². The molecule has 1 saturated carbocycles. The Balaban J connectivity index is 1.88. The Bertz CT molecular complexity index is 446. The summed E-state index contributed by atoms with van der Waals surface area (Å²) in [5.41, 5.74) is 2.37. The van der Waals surface area contributed by atoms with Gasteiger partial charge in [0.25, 0.3) is 0 Å². The second kappa shape index (κ2) is 7.78. The topological polar surface area (TPSA) is 33.7 Å². The molecule has 0 amide bonds. The Kier molecular flexibility index (Phi) is 6.03. The molecule has 0 aliphatic heterocycles. The zero-order valence-electron chi connectivity index (χ0n) is 13.7. The molecule has 0 heterocycles. The fraction of sp³-hybridized carbons (Fsp3) is 0.647. The van der Waals surface area contributed by atoms with Crippen LogP contribution in [0.3, 0.4) is 0 Å². The number of nitrogens with zero attached hydrogens (tertiary/aromatic N) is 1. The lowest BCUT2D eigenvalue weighted by atomic mass is 10.0. The summed E-state index contributed by atoms with van der Waals surface area (Å²) in [4.78, 5) is 2.45. The van der Waals surface area contributed by atoms with E-state index < -0.39 is 0 Å². The van der Waals surface area contributed by atoms with Gasteiger partial charge in [0.05, 0.1) is 13.7 Å². The Hall–Kier alpha value is -1.10. The molecule has 0 aromatic heterocycles. The number of hydrogen-bond donors (Lipinski definition) is 1. The third kappa shape index (κ3) is 4.70. The molecule has 0 spiro atoms. The van der Waals surface area contributed by atoms with Gasteiger partial charge in [-0.1, -0.05) is 6.07 Å². The highest BCUT2D eigenvalue weighted by atomic mass is 16.5. The Morgan fingerprint density at radius 1 is 1.33 bits per heavy atom. The molecule has 0 radical (unpaired) electrons. The summed E-state index contributed by atoms with van der Waals surface area (Å²) in [6, 6.07) is 7.48. The zero-order valence-corrected chi connectivity index (χ0v) is 13.7. The van der Waals surface area contributed by atoms with Gasteiger partial charge in [-0.15, -0.1) is 0 Å². The summed E-state index contributed by atoms with van der Waals surface area (Å²) >= 11 is 0. The van der Waals surface area contributed by atoms with E-state index in [4.69, 9.17) is 9.47 Å². The van der Waals surface area contributed by atoms with Crippen LogP contribution in [0.5, 0.6) is 5.75 Å². The maximum Gasteiger partial charge on any atom is 0.124 e. The normalized spacial score (nSPS) is 16.2. The molecule has 1 atom stereocenters. The van der Waals surface area contributed by atoms with Crippen molar-refractivity contribution in [2.24, 2.45) is 0 Å². The number of hydrogen-bond acceptors (Lipinski definition) is 4. The average molecular weight is 292 g/mol. The van der Waals surface area contributed by atoms with E-state index in [-0.39, 0.29) is 0 Å². The van der Waals surface area contributed by atoms with E-state index in [1.54, 1.807) is 14.2 Å². The minimum absolute atomic E-state index is 0.333. The highest BCUT2D eigenvalue weighted by Crippen LogP contribution is 2.25. The molecule has 1 N–H and O–H groups in total. The second-order valence-electron chi connectivity index (χ2n) is 5.89. The van der Waals surface area contributed by atoms with E-state index >= 15 is 0 Å². The van der Waals surface area contributed by atoms with Gasteiger partial charge in [-0.05, 0) is 44.5 Å². The summed E-state index contributed by atoms with van der Waals surface area (Å²) < 4.78 is 10.6. The second-order valence-corrected chi connectivity index (χ2v) is 5.89. The lowest BCUT2D eigenvalue weighted by Crippen LogP contribution is -2.32. The average Bonchev–Trinajstić information content (AvgIpc) is 3.32. The molecule has 0 bridgehead atoms. The first kappa shape index (κ1) is 16.3. The molecule has 1 fully saturated rings. The minimum Gasteiger partial charge on any atom is -0.496 e. The minimum atomic E-state index is 0.333. The van der Waals surface area contributed by atoms with Crippen LogP contribution >= 0.6 is 0 Å². The van der Waals surface area contributed by atoms with Gasteiger partial charge in [-0.3, -0.25) is 0 Å². The van der Waals surface area contributed by atoms with Crippen LogP contribution in [0.1, 0.15) is 36.9 Å². The van der Waals surface area contributed by atoms with Crippen LogP contribution in [0.25, 0.3) is 0 Å². The van der Waals surface area contributed by atoms with Crippen LogP contribution < -0.4 is 10.1 Å². The maximum atomic E-state index is 5.37. The highest BCUT2D eigenvalue weighted by Gasteiger charge is 2.25. The molecule has 2 rings (SSSR count). The van der Waals surface area contributed by atoms with Crippen molar-refractivity contribution < 1.29 is 9.47 Å². The predicted molar refractivity (Wildman–Crippen MR) is 85.8 cm³/mol. The molecular formula is C17H28N2O2. The third-order valence-electron chi connectivity index (χ3n) is 4.19. The number of benzene rings is 1. The fourth-order valence-corrected chi connectivity index (χ4v) is 2.61. The molecule has 1 unspecified atom stereocenters. The largest absolute Gasteiger partial charge is 0.496 e. The molecule has 4 nitrogen and oxygen atoms in total. The maximum absolute atomic E-state index is 5.37. The smallest absolute Gasteiger partial charge is 0.124 e. The van der Waals surface area contributed by atoms with Gasteiger partial charge < -0.3 is 19.7 Å². The summed E-state index contributed by atoms with van der Waals surface area (Å²) in [6.07, 6.45) is 2.73. The van der Waals surface area contributed by atoms with Gasteiger partial charge >= 0.3 is 0 Å². The number of likely N-dealkylation sites (N-methyl/N-ethyl adjacent to an activating group) is 1. The van der Waals surface area contributed by atoms with Crippen LogP contribution in [0.15, 0.2) is 18.2 Å². The van der Waals surface area contributed by atoms with Crippen LogP contribution in [0, 0.1) is 0 Å². The molecule has 21 heavy (non-hydrogen) atoms. The van der Waals surface area contributed by atoms with E-state index in [0.717, 1.165) is 30.4 Å². The van der Waals surface area contributed by atoms with E-state index in [0.29, 0.717) is 12.6 Å². The zero-order chi connectivity index (χ0) is 15.2. The van der Waals surface area contributed by atoms with Gasteiger partial charge in [0.1, 0.15) is 5.75 Å². The third-order valence-corrected chi connectivity index (χ3v) is 4.19. The van der Waals surface area contributed by atoms with Crippen molar-refractivity contribution in [2.75, 3.05) is 34.4 Å². The first-order chi connectivity index (χ1) is 10.2. The van der Waals surface area contributed by atoms with Crippen molar-refractivity contribution in [2.45, 2.75) is 38.5 Å². The molecular weight excluding hydrogens is 264 g/mol. The standard InChI is InChI=1S/C17H28N2O2/c1-13(18-9-10-19(2)16-6-7-16)14-5-8-17(21-4)15(11-14)12-20-3/h5,8,11,13,16,18H,6-7,9-10,12H2,1-4H3. The van der Waals surface area contributed by atoms with Crippen LogP contribution in [0.2, 0.25) is 0 Å². The van der Waals surface area contributed by atoms with Crippen molar-refractivity contribution >= 4 is 0 Å². The summed E-state index contributed by atoms with van der Waals surface area (Å²) in [5.74, 6) is 0.890. The monoisotopic (exact) mass is 292 g/mol. The van der Waals surface area contributed by atoms with Gasteiger partial charge in [0.2, 0.25) is 0 Å². The molecule has 1 aromatic carbocycles. The van der Waals surface area contributed by atoms with E-state index in [1.807, 2.05) is 6.07 Å². The van der Waals surface area contributed by atoms with Crippen LogP contribution in [-0.4, -0.2) is 45.3 Å². The van der Waals surface area contributed by atoms with E-state index in [9.17, 15) is 0 Å². The van der Waals surface area contributed by atoms with Crippen molar-refractivity contribution in [3.63, 3.8) is 0 Å². The molecule has 1 aromatic rings. The van der Waals surface area contributed by atoms with Gasteiger partial charge in [0.15, 0.2) is 0 Å². The first-order valence-electron chi connectivity index (χ1n) is 7.75. The summed E-state index contributed by atoms with van der Waals surface area (Å²) in [5, 5.41) is 3.60. The van der Waals surface area contributed by atoms with Gasteiger partial charge in [0, 0.05) is 37.8 Å². The molecule has 118 valence electrons. The number of nitrogens with one attached hydrogen (secondary N) is 1. The van der Waals surface area contributed by atoms with Crippen LogP contribution in [0.4, 0.5) is 0 Å². The quantitative estimate of drug-likeness (QED) is 0.758.